The Morgan fingerprint density at radius 2 is 1.93 bits per heavy atom. The van der Waals surface area contributed by atoms with Crippen molar-refractivity contribution in [3.63, 3.8) is 0 Å². The van der Waals surface area contributed by atoms with Crippen LogP contribution in [0, 0.1) is 5.82 Å². The second-order valence-electron chi connectivity index (χ2n) is 5.52. The predicted octanol–water partition coefficient (Wildman–Crippen LogP) is 5.05. The first-order valence-electron chi connectivity index (χ1n) is 8.04. The lowest BCUT2D eigenvalue weighted by molar-refractivity contribution is -0.115. The molecular weight excluding hydrogens is 453 g/mol. The Bertz CT molecular complexity index is 916. The standard InChI is InChI=1S/C19H15BrFNO3S2/c1-2-24-15-7-12(8-17-18(23)22-19(26)27-17)14(20)9-16(15)25-10-11-3-5-13(21)6-4-11/h3-9H,2,10H2,1H3,(H,22,23,26)/b17-8+. The minimum Gasteiger partial charge on any atom is -0.490 e. The van der Waals surface area contributed by atoms with E-state index in [0.717, 1.165) is 15.6 Å². The maximum Gasteiger partial charge on any atom is 0.263 e. The number of hydrogen-bond donors (Lipinski definition) is 1. The van der Waals surface area contributed by atoms with Crippen molar-refractivity contribution >= 4 is 56.2 Å². The SMILES string of the molecule is CCOc1cc(/C=C2/SC(=S)NC2=O)c(Br)cc1OCc1ccc(F)cc1. The smallest absolute Gasteiger partial charge is 0.263 e. The van der Waals surface area contributed by atoms with Gasteiger partial charge >= 0.3 is 0 Å². The van der Waals surface area contributed by atoms with Gasteiger partial charge in [-0.25, -0.2) is 4.39 Å². The van der Waals surface area contributed by atoms with E-state index in [1.807, 2.05) is 6.92 Å². The van der Waals surface area contributed by atoms with Gasteiger partial charge < -0.3 is 14.8 Å². The molecule has 1 aliphatic heterocycles. The third kappa shape index (κ3) is 5.09. The zero-order valence-electron chi connectivity index (χ0n) is 14.3. The van der Waals surface area contributed by atoms with Crippen LogP contribution in [0.25, 0.3) is 6.08 Å². The minimum absolute atomic E-state index is 0.216. The molecule has 0 unspecified atom stereocenters. The number of ether oxygens (including phenoxy) is 2. The molecule has 1 aliphatic rings. The normalized spacial score (nSPS) is 15.1. The summed E-state index contributed by atoms with van der Waals surface area (Å²) in [5.74, 6) is 0.601. The van der Waals surface area contributed by atoms with E-state index < -0.39 is 0 Å². The molecule has 0 bridgehead atoms. The van der Waals surface area contributed by atoms with Crippen LogP contribution in [0.5, 0.6) is 11.5 Å². The van der Waals surface area contributed by atoms with Gasteiger partial charge in [-0.05, 0) is 48.4 Å². The van der Waals surface area contributed by atoms with Crippen molar-refractivity contribution in [2.45, 2.75) is 13.5 Å². The van der Waals surface area contributed by atoms with E-state index in [1.165, 1.54) is 23.9 Å². The molecule has 0 spiro atoms. The first-order valence-corrected chi connectivity index (χ1v) is 10.1. The average Bonchev–Trinajstić information content (AvgIpc) is 2.95. The lowest BCUT2D eigenvalue weighted by atomic mass is 10.1. The molecule has 0 aromatic heterocycles. The highest BCUT2D eigenvalue weighted by Gasteiger charge is 2.22. The van der Waals surface area contributed by atoms with Gasteiger partial charge in [0.2, 0.25) is 0 Å². The van der Waals surface area contributed by atoms with E-state index in [0.29, 0.717) is 27.3 Å². The lowest BCUT2D eigenvalue weighted by Gasteiger charge is -2.14. The lowest BCUT2D eigenvalue weighted by Crippen LogP contribution is -2.17. The summed E-state index contributed by atoms with van der Waals surface area (Å²) < 4.78 is 25.7. The van der Waals surface area contributed by atoms with Crippen molar-refractivity contribution in [3.8, 4) is 11.5 Å². The number of thiocarbonyl (C=S) groups is 1. The number of benzene rings is 2. The van der Waals surface area contributed by atoms with E-state index in [-0.39, 0.29) is 18.3 Å². The molecule has 2 aromatic rings. The molecule has 1 fully saturated rings. The van der Waals surface area contributed by atoms with Crippen LogP contribution in [0.3, 0.4) is 0 Å². The monoisotopic (exact) mass is 467 g/mol. The van der Waals surface area contributed by atoms with Crippen LogP contribution in [-0.2, 0) is 11.4 Å². The van der Waals surface area contributed by atoms with Crippen molar-refractivity contribution in [2.24, 2.45) is 0 Å². The molecule has 4 nitrogen and oxygen atoms in total. The van der Waals surface area contributed by atoms with E-state index in [1.54, 1.807) is 30.3 Å². The summed E-state index contributed by atoms with van der Waals surface area (Å²) in [5, 5.41) is 2.59. The molecule has 0 atom stereocenters. The average molecular weight is 468 g/mol. The molecule has 27 heavy (non-hydrogen) atoms. The maximum atomic E-state index is 13.0. The summed E-state index contributed by atoms with van der Waals surface area (Å²) in [6, 6.07) is 9.71. The third-order valence-corrected chi connectivity index (χ3v) is 5.45. The van der Waals surface area contributed by atoms with Gasteiger partial charge in [0.1, 0.15) is 16.7 Å². The molecule has 1 saturated heterocycles. The summed E-state index contributed by atoms with van der Waals surface area (Å²) in [6.45, 7) is 2.62. The van der Waals surface area contributed by atoms with E-state index in [2.05, 4.69) is 21.2 Å². The van der Waals surface area contributed by atoms with Gasteiger partial charge in [-0.15, -0.1) is 0 Å². The minimum atomic E-state index is -0.290. The zero-order valence-corrected chi connectivity index (χ0v) is 17.5. The van der Waals surface area contributed by atoms with Gasteiger partial charge in [0.15, 0.2) is 11.5 Å². The fraction of sp³-hybridized carbons (Fsp3) is 0.158. The summed E-state index contributed by atoms with van der Waals surface area (Å²) >= 11 is 9.73. The molecule has 140 valence electrons. The number of thioether (sulfide) groups is 1. The van der Waals surface area contributed by atoms with Crippen LogP contribution < -0.4 is 14.8 Å². The van der Waals surface area contributed by atoms with Crippen molar-refractivity contribution in [2.75, 3.05) is 6.61 Å². The van der Waals surface area contributed by atoms with Crippen LogP contribution in [0.1, 0.15) is 18.1 Å². The van der Waals surface area contributed by atoms with Gasteiger partial charge in [-0.1, -0.05) is 52.0 Å². The van der Waals surface area contributed by atoms with Crippen LogP contribution >= 0.6 is 39.9 Å². The van der Waals surface area contributed by atoms with Gasteiger partial charge in [0.25, 0.3) is 5.91 Å². The summed E-state index contributed by atoms with van der Waals surface area (Å²) in [4.78, 5) is 12.4. The first-order chi connectivity index (χ1) is 13.0. The van der Waals surface area contributed by atoms with Gasteiger partial charge in [0.05, 0.1) is 11.5 Å². The Morgan fingerprint density at radius 3 is 2.56 bits per heavy atom. The Hall–Kier alpha value is -1.90. The van der Waals surface area contributed by atoms with Crippen LogP contribution in [-0.4, -0.2) is 16.8 Å². The molecule has 2 aromatic carbocycles. The van der Waals surface area contributed by atoms with Crippen LogP contribution in [0.15, 0.2) is 45.8 Å². The largest absolute Gasteiger partial charge is 0.490 e. The summed E-state index contributed by atoms with van der Waals surface area (Å²) in [5.41, 5.74) is 1.61. The Morgan fingerprint density at radius 1 is 1.22 bits per heavy atom. The van der Waals surface area contributed by atoms with Gasteiger partial charge in [0, 0.05) is 4.47 Å². The molecule has 1 heterocycles. The Balaban J connectivity index is 1.85. The van der Waals surface area contributed by atoms with Gasteiger partial charge in [-0.2, -0.15) is 0 Å². The fourth-order valence-corrected chi connectivity index (χ4v) is 3.82. The number of carbonyl (C=O) groups is 1. The predicted molar refractivity (Wildman–Crippen MR) is 112 cm³/mol. The number of hydrogen-bond acceptors (Lipinski definition) is 5. The summed E-state index contributed by atoms with van der Waals surface area (Å²) in [7, 11) is 0. The van der Waals surface area contributed by atoms with Crippen molar-refractivity contribution in [1.82, 2.24) is 5.32 Å². The summed E-state index contributed by atoms with van der Waals surface area (Å²) in [6.07, 6.45) is 1.75. The number of rotatable bonds is 6. The maximum absolute atomic E-state index is 13.0. The second-order valence-corrected chi connectivity index (χ2v) is 8.09. The van der Waals surface area contributed by atoms with Crippen molar-refractivity contribution in [3.05, 3.63) is 62.7 Å². The number of amides is 1. The highest BCUT2D eigenvalue weighted by molar-refractivity contribution is 9.10. The first kappa shape index (κ1) is 19.9. The Kier molecular flexibility index (Phi) is 6.51. The topological polar surface area (TPSA) is 47.6 Å². The number of halogens is 2. The fourth-order valence-electron chi connectivity index (χ4n) is 2.35. The van der Waals surface area contributed by atoms with E-state index in [9.17, 15) is 9.18 Å². The molecule has 3 rings (SSSR count). The van der Waals surface area contributed by atoms with Crippen molar-refractivity contribution < 1.29 is 18.7 Å². The molecule has 1 amide bonds. The second kappa shape index (κ2) is 8.86. The third-order valence-electron chi connectivity index (χ3n) is 3.60. The molecule has 0 radical (unpaired) electrons. The molecule has 1 N–H and O–H groups in total. The molecule has 0 aliphatic carbocycles. The molecular formula is C19H15BrFNO3S2. The number of carbonyl (C=O) groups excluding carboxylic acids is 1. The van der Waals surface area contributed by atoms with Crippen molar-refractivity contribution in [1.29, 1.82) is 0 Å². The highest BCUT2D eigenvalue weighted by atomic mass is 79.9. The highest BCUT2D eigenvalue weighted by Crippen LogP contribution is 2.37. The van der Waals surface area contributed by atoms with Crippen LogP contribution in [0.4, 0.5) is 4.39 Å². The zero-order chi connectivity index (χ0) is 19.4. The van der Waals surface area contributed by atoms with Crippen LogP contribution in [0.2, 0.25) is 0 Å². The van der Waals surface area contributed by atoms with E-state index in [4.69, 9.17) is 21.7 Å². The van der Waals surface area contributed by atoms with E-state index >= 15 is 0 Å². The molecule has 8 heteroatoms. The number of nitrogens with one attached hydrogen (secondary N) is 1. The Labute approximate surface area is 174 Å². The quantitative estimate of drug-likeness (QED) is 0.475. The molecule has 0 saturated carbocycles. The van der Waals surface area contributed by atoms with Gasteiger partial charge in [-0.3, -0.25) is 4.79 Å².